The molecule has 2 amide bonds. The summed E-state index contributed by atoms with van der Waals surface area (Å²) in [5.41, 5.74) is 4.57. The van der Waals surface area contributed by atoms with E-state index in [1.807, 2.05) is 0 Å². The molecule has 0 spiro atoms. The van der Waals surface area contributed by atoms with Crippen LogP contribution in [-0.4, -0.2) is 33.4 Å². The van der Waals surface area contributed by atoms with Crippen molar-refractivity contribution in [2.24, 2.45) is 0 Å². The lowest BCUT2D eigenvalue weighted by molar-refractivity contribution is 0.0846. The fourth-order valence-corrected chi connectivity index (χ4v) is 5.15. The smallest absolute Gasteiger partial charge is 0.271 e. The van der Waals surface area contributed by atoms with Crippen LogP contribution in [0.25, 0.3) is 0 Å². The summed E-state index contributed by atoms with van der Waals surface area (Å²) in [6.45, 7) is 0. The fourth-order valence-electron chi connectivity index (χ4n) is 3.28. The molecule has 2 aromatic rings. The number of nitrogens with one attached hydrogen (secondary N) is 3. The van der Waals surface area contributed by atoms with Gasteiger partial charge in [-0.15, -0.1) is 0 Å². The molecule has 3 N–H and O–H groups in total. The molecule has 3 rings (SSSR count). The molecule has 0 bridgehead atoms. The Labute approximate surface area is 190 Å². The summed E-state index contributed by atoms with van der Waals surface area (Å²) in [7, 11) is -2.56. The van der Waals surface area contributed by atoms with Gasteiger partial charge in [0.25, 0.3) is 11.8 Å². The lowest BCUT2D eigenvalue weighted by Crippen LogP contribution is -2.41. The van der Waals surface area contributed by atoms with Crippen LogP contribution in [0.5, 0.6) is 5.75 Å². The largest absolute Gasteiger partial charge is 0.495 e. The van der Waals surface area contributed by atoms with Crippen molar-refractivity contribution in [3.8, 4) is 5.75 Å². The molecule has 0 saturated heterocycles. The first-order chi connectivity index (χ1) is 14.7. The highest BCUT2D eigenvalue weighted by Crippen LogP contribution is 2.27. The molecule has 0 radical (unpaired) electrons. The number of hydrogen-bond acceptors (Lipinski definition) is 5. The van der Waals surface area contributed by atoms with Gasteiger partial charge < -0.3 is 4.74 Å². The van der Waals surface area contributed by atoms with Crippen LogP contribution < -0.4 is 20.3 Å². The van der Waals surface area contributed by atoms with Crippen molar-refractivity contribution in [1.82, 2.24) is 15.6 Å². The zero-order chi connectivity index (χ0) is 22.6. The quantitative estimate of drug-likeness (QED) is 0.543. The van der Waals surface area contributed by atoms with Crippen molar-refractivity contribution < 1.29 is 22.7 Å². The fraction of sp³-hybridized carbons (Fsp3) is 0.300. The molecule has 11 heteroatoms. The van der Waals surface area contributed by atoms with Crippen molar-refractivity contribution in [1.29, 1.82) is 0 Å². The Morgan fingerprint density at radius 3 is 2.35 bits per heavy atom. The first kappa shape index (κ1) is 23.3. The average molecular weight is 486 g/mol. The summed E-state index contributed by atoms with van der Waals surface area (Å²) in [4.78, 5) is 24.6. The van der Waals surface area contributed by atoms with Gasteiger partial charge in [0, 0.05) is 16.6 Å². The molecule has 2 aromatic carbocycles. The zero-order valence-electron chi connectivity index (χ0n) is 16.6. The Hall–Kier alpha value is -2.33. The minimum absolute atomic E-state index is 0.0186. The lowest BCUT2D eigenvalue weighted by atomic mass is 10.2. The van der Waals surface area contributed by atoms with Crippen LogP contribution in [-0.2, 0) is 10.0 Å². The molecule has 0 aromatic heterocycles. The number of ether oxygens (including phenoxy) is 1. The second-order valence-corrected chi connectivity index (χ2v) is 9.53. The van der Waals surface area contributed by atoms with Crippen LogP contribution in [0, 0.1) is 0 Å². The molecule has 0 heterocycles. The normalized spacial score (nSPS) is 14.3. The summed E-state index contributed by atoms with van der Waals surface area (Å²) < 4.78 is 33.5. The number of hydrazine groups is 1. The first-order valence-electron chi connectivity index (χ1n) is 9.47. The molecule has 1 fully saturated rings. The predicted octanol–water partition coefficient (Wildman–Crippen LogP) is 3.30. The van der Waals surface area contributed by atoms with Crippen molar-refractivity contribution in [2.75, 3.05) is 7.11 Å². The van der Waals surface area contributed by atoms with Gasteiger partial charge in [-0.1, -0.05) is 36.0 Å². The van der Waals surface area contributed by atoms with Crippen LogP contribution in [0.1, 0.15) is 46.4 Å². The summed E-state index contributed by atoms with van der Waals surface area (Å²) in [5, 5.41) is 0.465. The minimum atomic E-state index is -3.90. The highest BCUT2D eigenvalue weighted by atomic mass is 35.5. The van der Waals surface area contributed by atoms with Crippen molar-refractivity contribution in [3.05, 3.63) is 57.6 Å². The number of hydrogen-bond donors (Lipinski definition) is 3. The molecule has 0 aliphatic heterocycles. The van der Waals surface area contributed by atoms with E-state index in [0.717, 1.165) is 25.7 Å². The second kappa shape index (κ2) is 9.86. The van der Waals surface area contributed by atoms with E-state index in [4.69, 9.17) is 27.9 Å². The third-order valence-corrected chi connectivity index (χ3v) is 6.96. The molecule has 166 valence electrons. The van der Waals surface area contributed by atoms with Crippen molar-refractivity contribution in [2.45, 2.75) is 36.6 Å². The standard InChI is InChI=1S/C20H21Cl2N3O5S/c1-30-17-9-6-12(10-18(17)31(28,29)25-14-4-2-3-5-14)19(26)23-24-20(27)15-11-13(21)7-8-16(15)22/h6-11,14,25H,2-5H2,1H3,(H,23,26)(H,24,27). The first-order valence-corrected chi connectivity index (χ1v) is 11.7. The van der Waals surface area contributed by atoms with E-state index in [1.165, 1.54) is 43.5 Å². The Kier molecular flexibility index (Phi) is 7.42. The van der Waals surface area contributed by atoms with E-state index in [0.29, 0.717) is 5.02 Å². The highest BCUT2D eigenvalue weighted by Gasteiger charge is 2.26. The van der Waals surface area contributed by atoms with E-state index in [9.17, 15) is 18.0 Å². The summed E-state index contributed by atoms with van der Waals surface area (Å²) in [6, 6.07) is 8.17. The van der Waals surface area contributed by atoms with Gasteiger partial charge in [0.2, 0.25) is 10.0 Å². The second-order valence-electron chi connectivity index (χ2n) is 7.00. The number of rotatable bonds is 6. The Morgan fingerprint density at radius 1 is 1.00 bits per heavy atom. The molecule has 1 aliphatic carbocycles. The number of amides is 2. The van der Waals surface area contributed by atoms with Crippen molar-refractivity contribution in [3.63, 3.8) is 0 Å². The van der Waals surface area contributed by atoms with Crippen molar-refractivity contribution >= 4 is 45.0 Å². The highest BCUT2D eigenvalue weighted by molar-refractivity contribution is 7.89. The van der Waals surface area contributed by atoms with Gasteiger partial charge in [-0.3, -0.25) is 20.4 Å². The molecule has 0 atom stereocenters. The Bertz CT molecular complexity index is 1100. The van der Waals surface area contributed by atoms with Gasteiger partial charge in [-0.25, -0.2) is 13.1 Å². The maximum atomic E-state index is 12.8. The number of carbonyl (C=O) groups is 2. The van der Waals surface area contributed by atoms with Crippen LogP contribution in [0.3, 0.4) is 0 Å². The molecule has 31 heavy (non-hydrogen) atoms. The SMILES string of the molecule is COc1ccc(C(=O)NNC(=O)c2cc(Cl)ccc2Cl)cc1S(=O)(=O)NC1CCCC1. The van der Waals surface area contributed by atoms with E-state index in [1.54, 1.807) is 0 Å². The summed E-state index contributed by atoms with van der Waals surface area (Å²) >= 11 is 11.8. The van der Waals surface area contributed by atoms with Gasteiger partial charge in [-0.2, -0.15) is 0 Å². The van der Waals surface area contributed by atoms with Crippen LogP contribution in [0.15, 0.2) is 41.3 Å². The third kappa shape index (κ3) is 5.68. The van der Waals surface area contributed by atoms with E-state index < -0.39 is 21.8 Å². The topological polar surface area (TPSA) is 114 Å². The monoisotopic (exact) mass is 485 g/mol. The van der Waals surface area contributed by atoms with Gasteiger partial charge in [0.05, 0.1) is 17.7 Å². The molecule has 8 nitrogen and oxygen atoms in total. The maximum Gasteiger partial charge on any atom is 0.271 e. The van der Waals surface area contributed by atoms with Gasteiger partial charge in [0.15, 0.2) is 0 Å². The van der Waals surface area contributed by atoms with Gasteiger partial charge >= 0.3 is 0 Å². The van der Waals surface area contributed by atoms with Crippen LogP contribution >= 0.6 is 23.2 Å². The molecular weight excluding hydrogens is 465 g/mol. The van der Waals surface area contributed by atoms with E-state index >= 15 is 0 Å². The Morgan fingerprint density at radius 2 is 1.68 bits per heavy atom. The summed E-state index contributed by atoms with van der Waals surface area (Å²) in [5.74, 6) is -1.28. The number of benzene rings is 2. The number of methoxy groups -OCH3 is 1. The molecule has 0 unspecified atom stereocenters. The van der Waals surface area contributed by atoms with Gasteiger partial charge in [-0.05, 0) is 49.2 Å². The van der Waals surface area contributed by atoms with Crippen LogP contribution in [0.2, 0.25) is 10.0 Å². The van der Waals surface area contributed by atoms with Crippen LogP contribution in [0.4, 0.5) is 0 Å². The number of sulfonamides is 1. The predicted molar refractivity (Wildman–Crippen MR) is 117 cm³/mol. The van der Waals surface area contributed by atoms with Gasteiger partial charge in [0.1, 0.15) is 10.6 Å². The summed E-state index contributed by atoms with van der Waals surface area (Å²) in [6.07, 6.45) is 3.45. The zero-order valence-corrected chi connectivity index (χ0v) is 18.9. The maximum absolute atomic E-state index is 12.8. The number of halogens is 2. The van der Waals surface area contributed by atoms with E-state index in [-0.39, 0.29) is 32.8 Å². The molecule has 1 aliphatic rings. The molecular formula is C20H21Cl2N3O5S. The molecule has 1 saturated carbocycles. The minimum Gasteiger partial charge on any atom is -0.495 e. The van der Waals surface area contributed by atoms with E-state index in [2.05, 4.69) is 15.6 Å². The average Bonchev–Trinajstić information content (AvgIpc) is 3.25. The number of carbonyl (C=O) groups excluding carboxylic acids is 2. The Balaban J connectivity index is 1.76. The third-order valence-electron chi connectivity index (χ3n) is 4.85. The lowest BCUT2D eigenvalue weighted by Gasteiger charge is -2.16.